The van der Waals surface area contributed by atoms with Crippen molar-refractivity contribution in [2.24, 2.45) is 0 Å². The molecule has 0 amide bonds. The molecule has 2 nitrogen and oxygen atoms in total. The topological polar surface area (TPSA) is 26.3 Å². The lowest BCUT2D eigenvalue weighted by molar-refractivity contribution is -0.142. The summed E-state index contributed by atoms with van der Waals surface area (Å²) in [6.45, 7) is 10.3. The van der Waals surface area contributed by atoms with Gasteiger partial charge in [-0.25, -0.2) is 0 Å². The largest absolute Gasteiger partial charge is 0.466 e. The fourth-order valence-electron chi connectivity index (χ4n) is 1.53. The molecule has 3 heteroatoms. The third kappa shape index (κ3) is 3.81. The number of hydrogen-bond acceptors (Lipinski definition) is 3. The molecule has 0 atom stereocenters. The first kappa shape index (κ1) is 13.0. The summed E-state index contributed by atoms with van der Waals surface area (Å²) in [5.74, 6) is -0.148. The van der Waals surface area contributed by atoms with Crippen LogP contribution in [0.1, 0.15) is 29.2 Å². The summed E-state index contributed by atoms with van der Waals surface area (Å²) in [4.78, 5) is 13.7. The molecule has 0 N–H and O–H groups in total. The van der Waals surface area contributed by atoms with Crippen molar-refractivity contribution in [3.05, 3.63) is 33.5 Å². The van der Waals surface area contributed by atoms with Gasteiger partial charge < -0.3 is 4.74 Å². The Morgan fingerprint density at radius 3 is 2.75 bits per heavy atom. The number of rotatable bonds is 5. The van der Waals surface area contributed by atoms with E-state index in [1.165, 1.54) is 10.4 Å². The predicted molar refractivity (Wildman–Crippen MR) is 67.9 cm³/mol. The van der Waals surface area contributed by atoms with Crippen molar-refractivity contribution >= 4 is 17.3 Å². The van der Waals surface area contributed by atoms with Crippen LogP contribution in [0.3, 0.4) is 0 Å². The summed E-state index contributed by atoms with van der Waals surface area (Å²) < 4.78 is 4.93. The summed E-state index contributed by atoms with van der Waals surface area (Å²) in [5.41, 5.74) is 2.42. The van der Waals surface area contributed by atoms with Crippen LogP contribution in [0.5, 0.6) is 0 Å². The quantitative estimate of drug-likeness (QED) is 0.581. The van der Waals surface area contributed by atoms with E-state index < -0.39 is 0 Å². The van der Waals surface area contributed by atoms with Gasteiger partial charge in [-0.1, -0.05) is 12.2 Å². The predicted octanol–water partition coefficient (Wildman–Crippen LogP) is 3.28. The highest BCUT2D eigenvalue weighted by Gasteiger charge is 2.10. The summed E-state index contributed by atoms with van der Waals surface area (Å²) in [5, 5.41) is 0. The van der Waals surface area contributed by atoms with Crippen molar-refractivity contribution < 1.29 is 9.53 Å². The highest BCUT2D eigenvalue weighted by molar-refractivity contribution is 7.12. The Hall–Kier alpha value is -1.09. The number of esters is 1. The highest BCUT2D eigenvalue weighted by atomic mass is 32.1. The minimum Gasteiger partial charge on any atom is -0.466 e. The summed E-state index contributed by atoms with van der Waals surface area (Å²) in [6, 6.07) is 2.09. The SMILES string of the molecule is C=C(C)Cc1cc(CC(=O)OCC)sc1C. The zero-order valence-corrected chi connectivity index (χ0v) is 10.9. The smallest absolute Gasteiger partial charge is 0.311 e. The van der Waals surface area contributed by atoms with Gasteiger partial charge >= 0.3 is 5.97 Å². The number of thiophene rings is 1. The zero-order chi connectivity index (χ0) is 12.1. The van der Waals surface area contributed by atoms with Gasteiger partial charge in [0, 0.05) is 9.75 Å². The van der Waals surface area contributed by atoms with E-state index in [1.807, 2.05) is 13.8 Å². The van der Waals surface area contributed by atoms with Crippen molar-refractivity contribution in [1.29, 1.82) is 0 Å². The summed E-state index contributed by atoms with van der Waals surface area (Å²) in [6.07, 6.45) is 1.28. The fraction of sp³-hybridized carbons (Fsp3) is 0.462. The average molecular weight is 238 g/mol. The normalized spacial score (nSPS) is 10.2. The lowest BCUT2D eigenvalue weighted by atomic mass is 10.1. The first-order chi connectivity index (χ1) is 7.52. The lowest BCUT2D eigenvalue weighted by Gasteiger charge is -1.98. The molecule has 1 heterocycles. The third-order valence-electron chi connectivity index (χ3n) is 2.19. The van der Waals surface area contributed by atoms with Crippen molar-refractivity contribution in [2.45, 2.75) is 33.6 Å². The second-order valence-corrected chi connectivity index (χ2v) is 5.25. The molecule has 0 aliphatic rings. The molecule has 16 heavy (non-hydrogen) atoms. The Morgan fingerprint density at radius 1 is 1.50 bits per heavy atom. The molecule has 0 radical (unpaired) electrons. The highest BCUT2D eigenvalue weighted by Crippen LogP contribution is 2.24. The van der Waals surface area contributed by atoms with E-state index in [4.69, 9.17) is 4.74 Å². The van der Waals surface area contributed by atoms with Gasteiger partial charge in [0.25, 0.3) is 0 Å². The number of ether oxygens (including phenoxy) is 1. The van der Waals surface area contributed by atoms with Crippen LogP contribution in [-0.2, 0) is 22.4 Å². The van der Waals surface area contributed by atoms with Crippen LogP contribution in [-0.4, -0.2) is 12.6 Å². The molecule has 88 valence electrons. The Balaban J connectivity index is 2.69. The van der Waals surface area contributed by atoms with Crippen LogP contribution in [0.25, 0.3) is 0 Å². The molecular weight excluding hydrogens is 220 g/mol. The minimum atomic E-state index is -0.148. The van der Waals surface area contributed by atoms with E-state index in [-0.39, 0.29) is 5.97 Å². The molecule has 0 bridgehead atoms. The van der Waals surface area contributed by atoms with Gasteiger partial charge in [0.05, 0.1) is 13.0 Å². The number of carbonyl (C=O) groups is 1. The standard InChI is InChI=1S/C13H18O2S/c1-5-15-13(14)8-12-7-11(6-9(2)3)10(4)16-12/h7H,2,5-6,8H2,1,3-4H3. The maximum atomic E-state index is 11.3. The second-order valence-electron chi connectivity index (χ2n) is 3.91. The van der Waals surface area contributed by atoms with Crippen molar-refractivity contribution in [2.75, 3.05) is 6.61 Å². The number of hydrogen-bond donors (Lipinski definition) is 0. The Labute approximate surface area is 101 Å². The van der Waals surface area contributed by atoms with Gasteiger partial charge in [-0.05, 0) is 38.8 Å². The molecule has 1 aromatic rings. The van der Waals surface area contributed by atoms with Crippen LogP contribution in [0.15, 0.2) is 18.2 Å². The van der Waals surface area contributed by atoms with Crippen molar-refractivity contribution in [1.82, 2.24) is 0 Å². The Kier molecular flexibility index (Phi) is 4.74. The monoisotopic (exact) mass is 238 g/mol. The summed E-state index contributed by atoms with van der Waals surface area (Å²) >= 11 is 1.67. The minimum absolute atomic E-state index is 0.148. The molecule has 0 unspecified atom stereocenters. The molecule has 0 aliphatic heterocycles. The van der Waals surface area contributed by atoms with Crippen molar-refractivity contribution in [3.8, 4) is 0 Å². The molecule has 1 rings (SSSR count). The third-order valence-corrected chi connectivity index (χ3v) is 3.28. The zero-order valence-electron chi connectivity index (χ0n) is 10.1. The van der Waals surface area contributed by atoms with Crippen molar-refractivity contribution in [3.63, 3.8) is 0 Å². The van der Waals surface area contributed by atoms with E-state index in [1.54, 1.807) is 11.3 Å². The van der Waals surface area contributed by atoms with E-state index in [0.717, 1.165) is 16.9 Å². The van der Waals surface area contributed by atoms with E-state index in [0.29, 0.717) is 13.0 Å². The van der Waals surface area contributed by atoms with E-state index in [9.17, 15) is 4.79 Å². The fourth-order valence-corrected chi connectivity index (χ4v) is 2.58. The molecule has 0 aromatic carbocycles. The molecule has 0 spiro atoms. The van der Waals surface area contributed by atoms with Gasteiger partial charge in [0.15, 0.2) is 0 Å². The molecule has 0 aliphatic carbocycles. The summed E-state index contributed by atoms with van der Waals surface area (Å²) in [7, 11) is 0. The molecule has 0 saturated heterocycles. The first-order valence-electron chi connectivity index (χ1n) is 5.41. The van der Waals surface area contributed by atoms with Gasteiger partial charge in [0.1, 0.15) is 0 Å². The van der Waals surface area contributed by atoms with Crippen LogP contribution < -0.4 is 0 Å². The van der Waals surface area contributed by atoms with Crippen LogP contribution >= 0.6 is 11.3 Å². The maximum absolute atomic E-state index is 11.3. The van der Waals surface area contributed by atoms with E-state index >= 15 is 0 Å². The lowest BCUT2D eigenvalue weighted by Crippen LogP contribution is -2.06. The Bertz CT molecular complexity index is 391. The van der Waals surface area contributed by atoms with Gasteiger partial charge in [-0.2, -0.15) is 0 Å². The van der Waals surface area contributed by atoms with Gasteiger partial charge in [-0.15, -0.1) is 11.3 Å². The van der Waals surface area contributed by atoms with Crippen LogP contribution in [0.2, 0.25) is 0 Å². The Morgan fingerprint density at radius 2 is 2.19 bits per heavy atom. The molecule has 1 aromatic heterocycles. The van der Waals surface area contributed by atoms with Crippen LogP contribution in [0.4, 0.5) is 0 Å². The van der Waals surface area contributed by atoms with Gasteiger partial charge in [-0.3, -0.25) is 4.79 Å². The first-order valence-corrected chi connectivity index (χ1v) is 6.22. The number of allylic oxidation sites excluding steroid dienone is 1. The number of carbonyl (C=O) groups excluding carboxylic acids is 1. The number of aryl methyl sites for hydroxylation is 1. The van der Waals surface area contributed by atoms with E-state index in [2.05, 4.69) is 19.6 Å². The molecule has 0 saturated carbocycles. The second kappa shape index (κ2) is 5.85. The maximum Gasteiger partial charge on any atom is 0.311 e. The average Bonchev–Trinajstić information content (AvgIpc) is 2.45. The van der Waals surface area contributed by atoms with Gasteiger partial charge in [0.2, 0.25) is 0 Å². The van der Waals surface area contributed by atoms with Crippen LogP contribution in [0, 0.1) is 6.92 Å². The molecule has 0 fully saturated rings. The molecular formula is C13H18O2S.